The van der Waals surface area contributed by atoms with Gasteiger partial charge in [0, 0.05) is 5.38 Å². The van der Waals surface area contributed by atoms with E-state index < -0.39 is 0 Å². The second-order valence-corrected chi connectivity index (χ2v) is 3.26. The molecule has 0 bridgehead atoms. The number of aryl methyl sites for hydroxylation is 1. The first-order chi connectivity index (χ1) is 5.33. The van der Waals surface area contributed by atoms with Gasteiger partial charge in [0.15, 0.2) is 0 Å². The summed E-state index contributed by atoms with van der Waals surface area (Å²) in [6, 6.07) is 2.01. The van der Waals surface area contributed by atoms with E-state index in [0.29, 0.717) is 0 Å². The number of hydrogen-bond acceptors (Lipinski definition) is 3. The van der Waals surface area contributed by atoms with Crippen LogP contribution < -0.4 is 0 Å². The average molecular weight is 171 g/mol. The van der Waals surface area contributed by atoms with Crippen LogP contribution in [0.2, 0.25) is 0 Å². The summed E-state index contributed by atoms with van der Waals surface area (Å²) < 4.78 is 4.15. The van der Waals surface area contributed by atoms with Gasteiger partial charge in [-0.25, -0.2) is 0 Å². The van der Waals surface area contributed by atoms with Gasteiger partial charge in [0.2, 0.25) is 0 Å². The summed E-state index contributed by atoms with van der Waals surface area (Å²) >= 11 is 1.47. The highest BCUT2D eigenvalue weighted by Gasteiger charge is 2.01. The third-order valence-corrected chi connectivity index (χ3v) is 2.29. The topological polar surface area (TPSA) is 33.1 Å². The zero-order chi connectivity index (χ0) is 8.10. The van der Waals surface area contributed by atoms with E-state index in [-0.39, 0.29) is 6.10 Å². The Kier molecular flexibility index (Phi) is 3.52. The fraction of sp³-hybridized carbons (Fsp3) is 0.625. The average Bonchev–Trinajstić information content (AvgIpc) is 2.52. The molecule has 3 heteroatoms. The summed E-state index contributed by atoms with van der Waals surface area (Å²) in [6.45, 7) is 1.99. The first-order valence-corrected chi connectivity index (χ1v) is 4.74. The first-order valence-electron chi connectivity index (χ1n) is 3.90. The molecule has 0 fully saturated rings. The van der Waals surface area contributed by atoms with Gasteiger partial charge in [-0.1, -0.05) is 6.92 Å². The van der Waals surface area contributed by atoms with Gasteiger partial charge in [-0.05, 0) is 36.9 Å². The minimum absolute atomic E-state index is 0.156. The van der Waals surface area contributed by atoms with E-state index in [1.807, 2.05) is 18.4 Å². The van der Waals surface area contributed by atoms with Crippen LogP contribution in [0.5, 0.6) is 0 Å². The Morgan fingerprint density at radius 3 is 3.09 bits per heavy atom. The maximum atomic E-state index is 9.23. The van der Waals surface area contributed by atoms with Crippen molar-refractivity contribution < 1.29 is 5.11 Å². The predicted octanol–water partition coefficient (Wildman–Crippen LogP) is 1.85. The summed E-state index contributed by atoms with van der Waals surface area (Å²) in [5.41, 5.74) is 1.10. The Balaban J connectivity index is 2.23. The van der Waals surface area contributed by atoms with Crippen LogP contribution in [0.1, 0.15) is 25.5 Å². The second-order valence-electron chi connectivity index (χ2n) is 2.59. The molecule has 1 unspecified atom stereocenters. The fourth-order valence-electron chi connectivity index (χ4n) is 0.885. The van der Waals surface area contributed by atoms with E-state index in [2.05, 4.69) is 4.37 Å². The molecule has 0 saturated carbocycles. The van der Waals surface area contributed by atoms with Gasteiger partial charge < -0.3 is 5.11 Å². The van der Waals surface area contributed by atoms with Crippen molar-refractivity contribution in [3.63, 3.8) is 0 Å². The van der Waals surface area contributed by atoms with Crippen molar-refractivity contribution in [2.45, 2.75) is 32.3 Å². The Morgan fingerprint density at radius 2 is 2.55 bits per heavy atom. The molecular weight excluding hydrogens is 158 g/mol. The molecule has 0 amide bonds. The molecule has 0 aliphatic heterocycles. The molecular formula is C8H13NOS. The quantitative estimate of drug-likeness (QED) is 0.750. The highest BCUT2D eigenvalue weighted by Crippen LogP contribution is 2.06. The lowest BCUT2D eigenvalue weighted by Gasteiger charge is -2.04. The Labute approximate surface area is 71.1 Å². The molecule has 0 radical (unpaired) electrons. The summed E-state index contributed by atoms with van der Waals surface area (Å²) in [7, 11) is 0. The molecule has 0 saturated heterocycles. The van der Waals surface area contributed by atoms with Crippen LogP contribution in [0.3, 0.4) is 0 Å². The van der Waals surface area contributed by atoms with Gasteiger partial charge in [0.1, 0.15) is 0 Å². The molecule has 0 aliphatic rings. The second kappa shape index (κ2) is 4.46. The highest BCUT2D eigenvalue weighted by atomic mass is 32.1. The van der Waals surface area contributed by atoms with Gasteiger partial charge in [-0.3, -0.25) is 0 Å². The Morgan fingerprint density at radius 1 is 1.73 bits per heavy atom. The molecule has 62 valence electrons. The molecule has 1 N–H and O–H groups in total. The van der Waals surface area contributed by atoms with E-state index in [9.17, 15) is 5.11 Å². The van der Waals surface area contributed by atoms with Crippen molar-refractivity contribution >= 4 is 11.5 Å². The van der Waals surface area contributed by atoms with Crippen LogP contribution in [0.25, 0.3) is 0 Å². The van der Waals surface area contributed by atoms with Crippen molar-refractivity contribution in [1.82, 2.24) is 4.37 Å². The molecule has 1 rings (SSSR count). The maximum Gasteiger partial charge on any atom is 0.0543 e. The molecule has 1 aromatic rings. The van der Waals surface area contributed by atoms with Gasteiger partial charge in [-0.2, -0.15) is 4.37 Å². The third kappa shape index (κ3) is 2.99. The zero-order valence-corrected chi connectivity index (χ0v) is 7.47. The van der Waals surface area contributed by atoms with Crippen LogP contribution in [-0.4, -0.2) is 15.6 Å². The van der Waals surface area contributed by atoms with E-state index in [0.717, 1.165) is 25.0 Å². The molecule has 1 heterocycles. The van der Waals surface area contributed by atoms with Gasteiger partial charge in [0.05, 0.1) is 11.8 Å². The Hall–Kier alpha value is -0.410. The molecule has 1 atom stereocenters. The maximum absolute atomic E-state index is 9.23. The highest BCUT2D eigenvalue weighted by molar-refractivity contribution is 7.03. The zero-order valence-electron chi connectivity index (χ0n) is 6.66. The first kappa shape index (κ1) is 8.68. The van der Waals surface area contributed by atoms with Crippen molar-refractivity contribution in [1.29, 1.82) is 0 Å². The van der Waals surface area contributed by atoms with Crippen LogP contribution in [0.4, 0.5) is 0 Å². The van der Waals surface area contributed by atoms with Crippen molar-refractivity contribution in [2.24, 2.45) is 0 Å². The lowest BCUT2D eigenvalue weighted by Crippen LogP contribution is -2.05. The fourth-order valence-corrected chi connectivity index (χ4v) is 1.45. The summed E-state index contributed by atoms with van der Waals surface area (Å²) in [4.78, 5) is 0. The number of rotatable bonds is 4. The van der Waals surface area contributed by atoms with Crippen LogP contribution in [0.15, 0.2) is 11.4 Å². The number of hydrogen-bond donors (Lipinski definition) is 1. The number of aliphatic hydroxyl groups is 1. The van der Waals surface area contributed by atoms with Crippen LogP contribution in [-0.2, 0) is 6.42 Å². The van der Waals surface area contributed by atoms with Crippen molar-refractivity contribution in [3.8, 4) is 0 Å². The molecule has 0 aromatic carbocycles. The minimum atomic E-state index is -0.156. The van der Waals surface area contributed by atoms with Crippen molar-refractivity contribution in [3.05, 3.63) is 17.1 Å². The third-order valence-electron chi connectivity index (χ3n) is 1.70. The largest absolute Gasteiger partial charge is 0.393 e. The number of nitrogens with zero attached hydrogens (tertiary/aromatic N) is 1. The minimum Gasteiger partial charge on any atom is -0.393 e. The molecule has 1 aromatic heterocycles. The smallest absolute Gasteiger partial charge is 0.0543 e. The molecule has 0 aliphatic carbocycles. The van der Waals surface area contributed by atoms with Gasteiger partial charge in [-0.15, -0.1) is 0 Å². The number of aromatic nitrogens is 1. The summed E-state index contributed by atoms with van der Waals surface area (Å²) in [6.07, 6.45) is 2.42. The number of aliphatic hydroxyl groups excluding tert-OH is 1. The lowest BCUT2D eigenvalue weighted by atomic mass is 10.1. The molecule has 11 heavy (non-hydrogen) atoms. The van der Waals surface area contributed by atoms with E-state index in [1.54, 1.807) is 0 Å². The monoisotopic (exact) mass is 171 g/mol. The van der Waals surface area contributed by atoms with E-state index >= 15 is 0 Å². The molecule has 0 spiro atoms. The lowest BCUT2D eigenvalue weighted by molar-refractivity contribution is 0.160. The standard InChI is InChI=1S/C8H13NOS/c1-2-8(10)4-3-7-5-6-11-9-7/h5-6,8,10H,2-4H2,1H3. The van der Waals surface area contributed by atoms with E-state index in [1.165, 1.54) is 11.5 Å². The molecule has 2 nitrogen and oxygen atoms in total. The SMILES string of the molecule is CCC(O)CCc1ccsn1. The predicted molar refractivity (Wildman–Crippen MR) is 46.7 cm³/mol. The van der Waals surface area contributed by atoms with Crippen LogP contribution >= 0.6 is 11.5 Å². The summed E-state index contributed by atoms with van der Waals surface area (Å²) in [5.74, 6) is 0. The summed E-state index contributed by atoms with van der Waals surface area (Å²) in [5, 5.41) is 11.2. The van der Waals surface area contributed by atoms with Gasteiger partial charge >= 0.3 is 0 Å². The Bertz CT molecular complexity index is 186. The van der Waals surface area contributed by atoms with Gasteiger partial charge in [0.25, 0.3) is 0 Å². The normalized spacial score (nSPS) is 13.3. The van der Waals surface area contributed by atoms with E-state index in [4.69, 9.17) is 0 Å². The van der Waals surface area contributed by atoms with Crippen LogP contribution in [0, 0.1) is 0 Å². The van der Waals surface area contributed by atoms with Crippen molar-refractivity contribution in [2.75, 3.05) is 0 Å².